The van der Waals surface area contributed by atoms with Crippen LogP contribution in [0.3, 0.4) is 0 Å². The Balaban J connectivity index is 1.59. The van der Waals surface area contributed by atoms with E-state index in [-0.39, 0.29) is 17.7 Å². The molecular weight excluding hydrogens is 268 g/mol. The highest BCUT2D eigenvalue weighted by atomic mass is 16.2. The number of anilines is 1. The summed E-state index contributed by atoms with van der Waals surface area (Å²) in [5.74, 6) is 0.775. The molecule has 3 heterocycles. The molecule has 2 aromatic rings. The molecule has 2 aliphatic heterocycles. The molecule has 1 saturated heterocycles. The molecule has 1 aromatic carbocycles. The van der Waals surface area contributed by atoms with Crippen LogP contribution in [0.2, 0.25) is 0 Å². The number of imidazole rings is 1. The van der Waals surface area contributed by atoms with Gasteiger partial charge in [-0.15, -0.1) is 0 Å². The Bertz CT molecular complexity index is 745. The lowest BCUT2D eigenvalue weighted by Gasteiger charge is -2.38. The third kappa shape index (κ3) is 1.75. The van der Waals surface area contributed by atoms with E-state index in [0.29, 0.717) is 19.6 Å². The molecule has 6 nitrogen and oxygen atoms in total. The lowest BCUT2D eigenvalue weighted by Crippen LogP contribution is -2.55. The van der Waals surface area contributed by atoms with Gasteiger partial charge in [0.25, 0.3) is 0 Å². The van der Waals surface area contributed by atoms with Crippen LogP contribution in [-0.4, -0.2) is 45.9 Å². The number of likely N-dealkylation sites (tertiary alicyclic amines) is 1. The first kappa shape index (κ1) is 12.4. The minimum absolute atomic E-state index is 0.0349. The third-order valence-electron chi connectivity index (χ3n) is 4.37. The largest absolute Gasteiger partial charge is 0.341 e. The number of fused-ring (bicyclic) bond motifs is 3. The van der Waals surface area contributed by atoms with E-state index < -0.39 is 0 Å². The normalized spacial score (nSPS) is 18.0. The first-order valence-corrected chi connectivity index (χ1v) is 7.17. The van der Waals surface area contributed by atoms with Crippen LogP contribution < -0.4 is 4.90 Å². The molecule has 2 aliphatic rings. The van der Waals surface area contributed by atoms with Crippen molar-refractivity contribution in [1.82, 2.24) is 14.5 Å². The number of amides is 2. The van der Waals surface area contributed by atoms with Gasteiger partial charge in [-0.25, -0.2) is 4.98 Å². The molecule has 0 atom stereocenters. The van der Waals surface area contributed by atoms with Crippen molar-refractivity contribution >= 4 is 28.8 Å². The SMILES string of the molecule is CC(=O)N1CC(C(=O)N2CCn3c2nc2ccccc23)C1. The molecule has 1 fully saturated rings. The van der Waals surface area contributed by atoms with E-state index in [1.165, 1.54) is 6.92 Å². The molecule has 0 N–H and O–H groups in total. The molecule has 6 heteroatoms. The minimum Gasteiger partial charge on any atom is -0.341 e. The number of hydrogen-bond acceptors (Lipinski definition) is 3. The summed E-state index contributed by atoms with van der Waals surface area (Å²) in [7, 11) is 0. The topological polar surface area (TPSA) is 58.4 Å². The van der Waals surface area contributed by atoms with Gasteiger partial charge in [0.2, 0.25) is 17.8 Å². The lowest BCUT2D eigenvalue weighted by atomic mass is 9.98. The molecule has 21 heavy (non-hydrogen) atoms. The summed E-state index contributed by atoms with van der Waals surface area (Å²) in [4.78, 5) is 31.8. The van der Waals surface area contributed by atoms with Crippen LogP contribution in [0.5, 0.6) is 0 Å². The molecule has 2 amide bonds. The van der Waals surface area contributed by atoms with Crippen LogP contribution >= 0.6 is 0 Å². The molecule has 0 aliphatic carbocycles. The quantitative estimate of drug-likeness (QED) is 0.780. The van der Waals surface area contributed by atoms with Crippen molar-refractivity contribution in [1.29, 1.82) is 0 Å². The number of para-hydroxylation sites is 2. The second-order valence-electron chi connectivity index (χ2n) is 5.66. The predicted octanol–water partition coefficient (Wildman–Crippen LogP) is 0.861. The fraction of sp³-hybridized carbons (Fsp3) is 0.400. The van der Waals surface area contributed by atoms with Gasteiger partial charge < -0.3 is 9.47 Å². The van der Waals surface area contributed by atoms with Gasteiger partial charge in [-0.1, -0.05) is 12.1 Å². The third-order valence-corrected chi connectivity index (χ3v) is 4.37. The van der Waals surface area contributed by atoms with E-state index in [2.05, 4.69) is 9.55 Å². The van der Waals surface area contributed by atoms with Crippen LogP contribution in [0.15, 0.2) is 24.3 Å². The van der Waals surface area contributed by atoms with E-state index in [1.54, 1.807) is 9.80 Å². The monoisotopic (exact) mass is 284 g/mol. The van der Waals surface area contributed by atoms with Crippen molar-refractivity contribution in [2.75, 3.05) is 24.5 Å². The van der Waals surface area contributed by atoms with Crippen molar-refractivity contribution in [2.45, 2.75) is 13.5 Å². The Morgan fingerprint density at radius 1 is 1.19 bits per heavy atom. The van der Waals surface area contributed by atoms with E-state index >= 15 is 0 Å². The van der Waals surface area contributed by atoms with Crippen molar-refractivity contribution in [2.24, 2.45) is 5.92 Å². The van der Waals surface area contributed by atoms with Crippen molar-refractivity contribution in [3.63, 3.8) is 0 Å². The molecule has 4 rings (SSSR count). The second-order valence-corrected chi connectivity index (χ2v) is 5.66. The van der Waals surface area contributed by atoms with E-state index in [0.717, 1.165) is 23.5 Å². The standard InChI is InChI=1S/C15H16N4O2/c1-10(20)17-8-11(9-17)14(21)19-7-6-18-13-5-3-2-4-12(13)16-15(18)19/h2-5,11H,6-9H2,1H3. The van der Waals surface area contributed by atoms with Gasteiger partial charge in [-0.2, -0.15) is 0 Å². The Hall–Kier alpha value is -2.37. The molecule has 0 bridgehead atoms. The first-order valence-electron chi connectivity index (χ1n) is 7.17. The Morgan fingerprint density at radius 2 is 1.95 bits per heavy atom. The van der Waals surface area contributed by atoms with Crippen molar-refractivity contribution in [3.8, 4) is 0 Å². The fourth-order valence-electron chi connectivity index (χ4n) is 3.11. The van der Waals surface area contributed by atoms with Crippen LogP contribution in [-0.2, 0) is 16.1 Å². The molecule has 0 radical (unpaired) electrons. The zero-order valence-corrected chi connectivity index (χ0v) is 11.8. The van der Waals surface area contributed by atoms with Gasteiger partial charge in [0.1, 0.15) is 0 Å². The minimum atomic E-state index is -0.0831. The van der Waals surface area contributed by atoms with Crippen molar-refractivity contribution < 1.29 is 9.59 Å². The summed E-state index contributed by atoms with van der Waals surface area (Å²) in [6.45, 7) is 4.05. The molecule has 0 unspecified atom stereocenters. The van der Waals surface area contributed by atoms with Crippen molar-refractivity contribution in [3.05, 3.63) is 24.3 Å². The number of carbonyl (C=O) groups excluding carboxylic acids is 2. The van der Waals surface area contributed by atoms with E-state index in [9.17, 15) is 9.59 Å². The van der Waals surface area contributed by atoms with Crippen LogP contribution in [0, 0.1) is 5.92 Å². The highest BCUT2D eigenvalue weighted by Gasteiger charge is 2.39. The average molecular weight is 284 g/mol. The molecule has 0 spiro atoms. The number of aromatic nitrogens is 2. The maximum Gasteiger partial charge on any atom is 0.236 e. The first-order chi connectivity index (χ1) is 10.1. The Kier molecular flexibility index (Phi) is 2.54. The summed E-state index contributed by atoms with van der Waals surface area (Å²) in [5, 5.41) is 0. The van der Waals surface area contributed by atoms with Crippen LogP contribution in [0.1, 0.15) is 6.92 Å². The smallest absolute Gasteiger partial charge is 0.236 e. The predicted molar refractivity (Wildman–Crippen MR) is 77.8 cm³/mol. The highest BCUT2D eigenvalue weighted by molar-refractivity contribution is 5.97. The van der Waals surface area contributed by atoms with Crippen LogP contribution in [0.25, 0.3) is 11.0 Å². The van der Waals surface area contributed by atoms with Gasteiger partial charge in [0.15, 0.2) is 0 Å². The molecule has 1 aromatic heterocycles. The second kappa shape index (κ2) is 4.31. The molecule has 108 valence electrons. The highest BCUT2D eigenvalue weighted by Crippen LogP contribution is 2.29. The summed E-state index contributed by atoms with van der Waals surface area (Å²) in [6.07, 6.45) is 0. The zero-order valence-electron chi connectivity index (χ0n) is 11.8. The average Bonchev–Trinajstić information content (AvgIpc) is 2.94. The summed E-state index contributed by atoms with van der Waals surface area (Å²) < 4.78 is 2.09. The summed E-state index contributed by atoms with van der Waals surface area (Å²) >= 11 is 0. The fourth-order valence-corrected chi connectivity index (χ4v) is 3.11. The number of carbonyl (C=O) groups is 2. The van der Waals surface area contributed by atoms with Gasteiger partial charge in [-0.05, 0) is 12.1 Å². The molecule has 0 saturated carbocycles. The summed E-state index contributed by atoms with van der Waals surface area (Å²) in [5.41, 5.74) is 1.99. The van der Waals surface area contributed by atoms with Gasteiger partial charge >= 0.3 is 0 Å². The van der Waals surface area contributed by atoms with Gasteiger partial charge in [-0.3, -0.25) is 14.5 Å². The summed E-state index contributed by atoms with van der Waals surface area (Å²) in [6, 6.07) is 7.93. The maximum absolute atomic E-state index is 12.6. The number of hydrogen-bond donors (Lipinski definition) is 0. The van der Waals surface area contributed by atoms with E-state index in [4.69, 9.17) is 0 Å². The van der Waals surface area contributed by atoms with Gasteiger partial charge in [0.05, 0.1) is 17.0 Å². The Labute approximate surface area is 122 Å². The van der Waals surface area contributed by atoms with Gasteiger partial charge in [0, 0.05) is 33.1 Å². The zero-order chi connectivity index (χ0) is 14.6. The number of rotatable bonds is 1. The van der Waals surface area contributed by atoms with E-state index in [1.807, 2.05) is 24.3 Å². The molecular formula is C15H16N4O2. The Morgan fingerprint density at radius 3 is 2.71 bits per heavy atom. The number of nitrogens with zero attached hydrogens (tertiary/aromatic N) is 4. The lowest BCUT2D eigenvalue weighted by molar-refractivity contribution is -0.140. The van der Waals surface area contributed by atoms with Crippen LogP contribution in [0.4, 0.5) is 5.95 Å². The number of benzene rings is 1. The maximum atomic E-state index is 12.6.